The smallest absolute Gasteiger partial charge is 0.304 e. The molecule has 2 bridgehead atoms. The fourth-order valence-electron chi connectivity index (χ4n) is 4.73. The number of aryl methyl sites for hydroxylation is 1. The molecule has 1 fully saturated rings. The van der Waals surface area contributed by atoms with Crippen LogP contribution in [-0.4, -0.2) is 40.0 Å². The molecular formula is C25H33N3O4. The number of para-hydroxylation sites is 1. The summed E-state index contributed by atoms with van der Waals surface area (Å²) >= 11 is 0. The van der Waals surface area contributed by atoms with Crippen LogP contribution in [0.1, 0.15) is 56.9 Å². The minimum atomic E-state index is -0.978. The zero-order chi connectivity index (χ0) is 22.5. The molecule has 2 aromatic rings. The highest BCUT2D eigenvalue weighted by molar-refractivity contribution is 5.91. The number of rotatable bonds is 6. The van der Waals surface area contributed by atoms with E-state index in [1.807, 2.05) is 12.1 Å². The number of hydrogen-bond donors (Lipinski definition) is 3. The number of carboxylic acids is 1. The minimum absolute atomic E-state index is 0.198. The molecule has 1 saturated carbocycles. The molecule has 2 heterocycles. The van der Waals surface area contributed by atoms with Crippen LogP contribution < -0.4 is 10.6 Å². The number of amides is 2. The van der Waals surface area contributed by atoms with Crippen LogP contribution in [0, 0.1) is 11.8 Å². The van der Waals surface area contributed by atoms with Crippen molar-refractivity contribution in [2.24, 2.45) is 11.8 Å². The molecule has 0 saturated heterocycles. The largest absolute Gasteiger partial charge is 0.481 e. The number of benzene rings is 1. The van der Waals surface area contributed by atoms with Crippen LogP contribution in [0.25, 0.3) is 10.9 Å². The van der Waals surface area contributed by atoms with Crippen LogP contribution in [0.3, 0.4) is 0 Å². The summed E-state index contributed by atoms with van der Waals surface area (Å²) in [6.45, 7) is 1.52. The lowest BCUT2D eigenvalue weighted by molar-refractivity contribution is -0.141. The Hall–Kier alpha value is -2.83. The van der Waals surface area contributed by atoms with E-state index in [4.69, 9.17) is 0 Å². The van der Waals surface area contributed by atoms with Crippen LogP contribution in [0.5, 0.6) is 0 Å². The topological polar surface area (TPSA) is 100 Å². The van der Waals surface area contributed by atoms with Crippen molar-refractivity contribution in [1.29, 1.82) is 0 Å². The first-order chi connectivity index (χ1) is 15.5. The Morgan fingerprint density at radius 2 is 1.94 bits per heavy atom. The fraction of sp³-hybridized carbons (Fsp3) is 0.560. The summed E-state index contributed by atoms with van der Waals surface area (Å²) in [6.07, 6.45) is 9.11. The zero-order valence-corrected chi connectivity index (χ0v) is 18.5. The number of nitrogens with zero attached hydrogens (tertiary/aromatic N) is 1. The van der Waals surface area contributed by atoms with Crippen LogP contribution in [0.4, 0.5) is 0 Å². The lowest BCUT2D eigenvalue weighted by Gasteiger charge is -2.22. The lowest BCUT2D eigenvalue weighted by atomic mass is 9.96. The molecule has 1 aromatic heterocycles. The van der Waals surface area contributed by atoms with Gasteiger partial charge in [-0.15, -0.1) is 0 Å². The molecule has 7 nitrogen and oxygen atoms in total. The van der Waals surface area contributed by atoms with Gasteiger partial charge in [-0.1, -0.05) is 43.9 Å². The van der Waals surface area contributed by atoms with E-state index in [-0.39, 0.29) is 18.2 Å². The quantitative estimate of drug-likeness (QED) is 0.643. The Balaban J connectivity index is 1.58. The van der Waals surface area contributed by atoms with Crippen molar-refractivity contribution in [1.82, 2.24) is 15.2 Å². The molecule has 1 unspecified atom stereocenters. The van der Waals surface area contributed by atoms with Crippen molar-refractivity contribution < 1.29 is 19.5 Å². The predicted octanol–water partition coefficient (Wildman–Crippen LogP) is 3.25. The average Bonchev–Trinajstić information content (AvgIpc) is 3.52. The number of carbonyl (C=O) groups excluding carboxylic acids is 2. The van der Waals surface area contributed by atoms with E-state index in [2.05, 4.69) is 33.5 Å². The van der Waals surface area contributed by atoms with Crippen molar-refractivity contribution in [3.05, 3.63) is 36.0 Å². The molecule has 4 rings (SSSR count). The number of fused-ring (bicyclic) bond motifs is 5. The van der Waals surface area contributed by atoms with Gasteiger partial charge < -0.3 is 20.3 Å². The summed E-state index contributed by atoms with van der Waals surface area (Å²) in [5.41, 5.74) is 2.17. The second kappa shape index (κ2) is 10.2. The van der Waals surface area contributed by atoms with Crippen LogP contribution in [0.2, 0.25) is 0 Å². The highest BCUT2D eigenvalue weighted by Gasteiger charge is 2.33. The lowest BCUT2D eigenvalue weighted by Crippen LogP contribution is -2.50. The number of carbonyl (C=O) groups is 3. The summed E-state index contributed by atoms with van der Waals surface area (Å²) in [4.78, 5) is 37.4. The van der Waals surface area contributed by atoms with E-state index in [9.17, 15) is 19.5 Å². The Labute approximate surface area is 188 Å². The van der Waals surface area contributed by atoms with Gasteiger partial charge in [0.2, 0.25) is 11.8 Å². The molecule has 7 heteroatoms. The number of hydrogen-bond acceptors (Lipinski definition) is 3. The summed E-state index contributed by atoms with van der Waals surface area (Å²) < 4.78 is 2.25. The summed E-state index contributed by atoms with van der Waals surface area (Å²) in [5.74, 6) is -1.67. The maximum Gasteiger partial charge on any atom is 0.304 e. The number of aliphatic carboxylic acids is 1. The van der Waals surface area contributed by atoms with Gasteiger partial charge in [-0.05, 0) is 36.8 Å². The third-order valence-electron chi connectivity index (χ3n) is 6.66. The normalized spacial score (nSPS) is 21.0. The second-order valence-corrected chi connectivity index (χ2v) is 9.31. The van der Waals surface area contributed by atoms with Gasteiger partial charge in [0.05, 0.1) is 6.42 Å². The SMILES string of the molecule is O=C(O)C[C@@H](CC1CC1)C(=O)NC1Cc2cn(c3ccccc23)CCCCCCNC1=O. The van der Waals surface area contributed by atoms with Gasteiger partial charge in [0, 0.05) is 42.5 Å². The Kier molecular flexibility index (Phi) is 7.12. The molecule has 1 aliphatic carbocycles. The first kappa shape index (κ1) is 22.4. The third-order valence-corrected chi connectivity index (χ3v) is 6.66. The van der Waals surface area contributed by atoms with Gasteiger partial charge in [0.25, 0.3) is 0 Å². The van der Waals surface area contributed by atoms with Crippen LogP contribution in [0.15, 0.2) is 30.5 Å². The van der Waals surface area contributed by atoms with Crippen molar-refractivity contribution in [3.63, 3.8) is 0 Å². The van der Waals surface area contributed by atoms with Gasteiger partial charge in [0.15, 0.2) is 0 Å². The van der Waals surface area contributed by atoms with Crippen LogP contribution in [-0.2, 0) is 27.3 Å². The average molecular weight is 440 g/mol. The molecule has 2 atom stereocenters. The highest BCUT2D eigenvalue weighted by atomic mass is 16.4. The van der Waals surface area contributed by atoms with E-state index in [0.717, 1.165) is 61.5 Å². The van der Waals surface area contributed by atoms with Crippen LogP contribution >= 0.6 is 0 Å². The maximum absolute atomic E-state index is 13.1. The molecule has 2 amide bonds. The van der Waals surface area contributed by atoms with Gasteiger partial charge in [-0.3, -0.25) is 14.4 Å². The van der Waals surface area contributed by atoms with Gasteiger partial charge in [-0.2, -0.15) is 0 Å². The predicted molar refractivity (Wildman–Crippen MR) is 122 cm³/mol. The molecule has 1 aromatic carbocycles. The van der Waals surface area contributed by atoms with Crippen molar-refractivity contribution >= 4 is 28.7 Å². The van der Waals surface area contributed by atoms with Gasteiger partial charge >= 0.3 is 5.97 Å². The van der Waals surface area contributed by atoms with E-state index in [0.29, 0.717) is 25.3 Å². The molecular weight excluding hydrogens is 406 g/mol. The van der Waals surface area contributed by atoms with E-state index >= 15 is 0 Å². The highest BCUT2D eigenvalue weighted by Crippen LogP contribution is 2.36. The second-order valence-electron chi connectivity index (χ2n) is 9.31. The third kappa shape index (κ3) is 5.69. The van der Waals surface area contributed by atoms with Crippen molar-refractivity contribution in [3.8, 4) is 0 Å². The number of aromatic nitrogens is 1. The Morgan fingerprint density at radius 3 is 2.72 bits per heavy atom. The standard InChI is InChI=1S/C25H33N3O4/c29-23(30)15-18(13-17-9-10-17)24(31)27-21-14-19-16-28(22-8-4-3-7-20(19)22)12-6-2-1-5-11-26-25(21)32/h3-4,7-8,16-18,21H,1-2,5-6,9-15H2,(H,26,32)(H,27,31)(H,29,30)/t18-,21?/m1/s1. The summed E-state index contributed by atoms with van der Waals surface area (Å²) in [6, 6.07) is 7.44. The van der Waals surface area contributed by atoms with Crippen molar-refractivity contribution in [2.45, 2.75) is 70.4 Å². The number of nitrogens with one attached hydrogen (secondary N) is 2. The fourth-order valence-corrected chi connectivity index (χ4v) is 4.73. The molecule has 0 radical (unpaired) electrons. The molecule has 1 aliphatic heterocycles. The zero-order valence-electron chi connectivity index (χ0n) is 18.5. The molecule has 0 spiro atoms. The summed E-state index contributed by atoms with van der Waals surface area (Å²) in [7, 11) is 0. The molecule has 32 heavy (non-hydrogen) atoms. The molecule has 172 valence electrons. The first-order valence-corrected chi connectivity index (χ1v) is 11.9. The van der Waals surface area contributed by atoms with Gasteiger partial charge in [-0.25, -0.2) is 0 Å². The first-order valence-electron chi connectivity index (χ1n) is 11.9. The van der Waals surface area contributed by atoms with E-state index in [1.165, 1.54) is 0 Å². The Morgan fingerprint density at radius 1 is 1.16 bits per heavy atom. The Bertz CT molecular complexity index is 979. The molecule has 3 N–H and O–H groups in total. The van der Waals surface area contributed by atoms with Gasteiger partial charge in [0.1, 0.15) is 6.04 Å². The van der Waals surface area contributed by atoms with E-state index in [1.54, 1.807) is 0 Å². The van der Waals surface area contributed by atoms with Crippen molar-refractivity contribution in [2.75, 3.05) is 6.54 Å². The monoisotopic (exact) mass is 439 g/mol. The van der Waals surface area contributed by atoms with E-state index < -0.39 is 17.9 Å². The molecule has 2 aliphatic rings. The number of carboxylic acid groups (broad SMARTS) is 1. The summed E-state index contributed by atoms with van der Waals surface area (Å²) in [5, 5.41) is 16.3. The minimum Gasteiger partial charge on any atom is -0.481 e. The maximum atomic E-state index is 13.1.